The van der Waals surface area contributed by atoms with Gasteiger partial charge in [0.05, 0.1) is 21.1 Å². The largest absolute Gasteiger partial charge is 0.550 e. The van der Waals surface area contributed by atoms with E-state index in [0.717, 1.165) is 6.92 Å². The van der Waals surface area contributed by atoms with Crippen LogP contribution >= 0.6 is 0 Å². The average molecular weight is 295 g/mol. The zero-order valence-corrected chi connectivity index (χ0v) is 11.9. The number of aliphatic hydroxyl groups is 2. The quantitative estimate of drug-likeness (QED) is 0.343. The van der Waals surface area contributed by atoms with Crippen LogP contribution in [0, 0.1) is 0 Å². The predicted octanol–water partition coefficient (Wildman–Crippen LogP) is -3.20. The number of aliphatic hydroxyl groups excluding tert-OH is 2. The first-order chi connectivity index (χ1) is 8.88. The van der Waals surface area contributed by atoms with Crippen molar-refractivity contribution in [1.82, 2.24) is 0 Å². The molecule has 0 rings (SSSR count). The Hall–Kier alpha value is -1.71. The Kier molecular flexibility index (Phi) is 9.51. The third-order valence-corrected chi connectivity index (χ3v) is 1.80. The molecule has 0 heterocycles. The van der Waals surface area contributed by atoms with Crippen LogP contribution in [-0.2, 0) is 19.1 Å². The average Bonchev–Trinajstić information content (AvgIpc) is 2.24. The van der Waals surface area contributed by atoms with Crippen LogP contribution in [0.3, 0.4) is 0 Å². The maximum atomic E-state index is 11.1. The Balaban J connectivity index is 0. The summed E-state index contributed by atoms with van der Waals surface area (Å²) in [5.74, 6) is -3.89. The van der Waals surface area contributed by atoms with E-state index in [1.165, 1.54) is 0 Å². The summed E-state index contributed by atoms with van der Waals surface area (Å²) in [7, 11) is 5.66. The number of ether oxygens (including phenoxy) is 1. The number of carboxylic acids is 2. The molecule has 0 aliphatic rings. The SMILES string of the molecule is CC(=O)[O-].C[N+](C)(C)CCOC(=O)C(O)C(O)C(=O)O. The number of esters is 1. The lowest BCUT2D eigenvalue weighted by Gasteiger charge is -2.23. The fourth-order valence-corrected chi connectivity index (χ4v) is 0.769. The van der Waals surface area contributed by atoms with Crippen LogP contribution in [0.2, 0.25) is 0 Å². The summed E-state index contributed by atoms with van der Waals surface area (Å²) in [5, 5.41) is 35.2. The van der Waals surface area contributed by atoms with Crippen LogP contribution in [0.4, 0.5) is 0 Å². The minimum Gasteiger partial charge on any atom is -0.550 e. The van der Waals surface area contributed by atoms with Gasteiger partial charge in [0.15, 0.2) is 12.2 Å². The van der Waals surface area contributed by atoms with E-state index in [4.69, 9.17) is 25.2 Å². The van der Waals surface area contributed by atoms with Crippen molar-refractivity contribution >= 4 is 17.9 Å². The molecule has 0 aromatic carbocycles. The van der Waals surface area contributed by atoms with E-state index in [0.29, 0.717) is 11.0 Å². The molecule has 0 aromatic rings. The Morgan fingerprint density at radius 3 is 1.85 bits per heavy atom. The Morgan fingerprint density at radius 2 is 1.55 bits per heavy atom. The van der Waals surface area contributed by atoms with Crippen LogP contribution < -0.4 is 5.11 Å². The van der Waals surface area contributed by atoms with E-state index in [1.807, 2.05) is 21.1 Å². The Labute approximate surface area is 116 Å². The summed E-state index contributed by atoms with van der Waals surface area (Å²) in [6, 6.07) is 0. The summed E-state index contributed by atoms with van der Waals surface area (Å²) < 4.78 is 5.18. The van der Waals surface area contributed by atoms with Gasteiger partial charge in [0, 0.05) is 5.97 Å². The predicted molar refractivity (Wildman–Crippen MR) is 64.2 cm³/mol. The zero-order valence-electron chi connectivity index (χ0n) is 11.9. The molecule has 9 nitrogen and oxygen atoms in total. The molecule has 0 saturated carbocycles. The third kappa shape index (κ3) is 12.7. The summed E-state index contributed by atoms with van der Waals surface area (Å²) >= 11 is 0. The highest BCUT2D eigenvalue weighted by molar-refractivity contribution is 5.84. The monoisotopic (exact) mass is 295 g/mol. The minimum atomic E-state index is -2.16. The number of carbonyl (C=O) groups is 3. The van der Waals surface area contributed by atoms with Crippen molar-refractivity contribution in [3.63, 3.8) is 0 Å². The van der Waals surface area contributed by atoms with Gasteiger partial charge in [0.25, 0.3) is 0 Å². The lowest BCUT2D eigenvalue weighted by atomic mass is 10.2. The summed E-state index contributed by atoms with van der Waals surface area (Å²) in [6.45, 7) is 1.54. The lowest BCUT2D eigenvalue weighted by molar-refractivity contribution is -0.870. The number of nitrogens with zero attached hydrogens (tertiary/aromatic N) is 1. The van der Waals surface area contributed by atoms with Gasteiger partial charge in [-0.25, -0.2) is 9.59 Å². The number of rotatable bonds is 6. The number of quaternary nitrogens is 1. The van der Waals surface area contributed by atoms with Crippen LogP contribution in [0.5, 0.6) is 0 Å². The first kappa shape index (κ1) is 20.6. The topological polar surface area (TPSA) is 144 Å². The van der Waals surface area contributed by atoms with Gasteiger partial charge in [-0.15, -0.1) is 0 Å². The number of likely N-dealkylation sites (N-methyl/N-ethyl adjacent to an activating group) is 1. The molecule has 0 spiro atoms. The van der Waals surface area contributed by atoms with E-state index < -0.39 is 30.1 Å². The zero-order chi connectivity index (χ0) is 16.5. The first-order valence-corrected chi connectivity index (χ1v) is 5.62. The Bertz CT molecular complexity index is 332. The van der Waals surface area contributed by atoms with Crippen LogP contribution in [0.1, 0.15) is 6.92 Å². The smallest absolute Gasteiger partial charge is 0.338 e. The van der Waals surface area contributed by atoms with Gasteiger partial charge < -0.3 is 34.4 Å². The van der Waals surface area contributed by atoms with E-state index in [2.05, 4.69) is 4.74 Å². The third-order valence-electron chi connectivity index (χ3n) is 1.80. The van der Waals surface area contributed by atoms with E-state index in [-0.39, 0.29) is 6.61 Å². The molecule has 0 radical (unpaired) electrons. The van der Waals surface area contributed by atoms with E-state index in [9.17, 15) is 9.59 Å². The highest BCUT2D eigenvalue weighted by atomic mass is 16.6. The van der Waals surface area contributed by atoms with Crippen LogP contribution in [-0.4, -0.2) is 84.2 Å². The molecule has 118 valence electrons. The van der Waals surface area contributed by atoms with Crippen molar-refractivity contribution in [3.05, 3.63) is 0 Å². The molecule has 0 fully saturated rings. The molecular weight excluding hydrogens is 274 g/mol. The molecule has 0 amide bonds. The van der Waals surface area contributed by atoms with Crippen LogP contribution in [0.25, 0.3) is 0 Å². The number of carboxylic acid groups (broad SMARTS) is 2. The van der Waals surface area contributed by atoms with E-state index in [1.54, 1.807) is 0 Å². The van der Waals surface area contributed by atoms with Crippen molar-refractivity contribution in [2.75, 3.05) is 34.3 Å². The van der Waals surface area contributed by atoms with Gasteiger partial charge >= 0.3 is 11.9 Å². The molecule has 9 heteroatoms. The summed E-state index contributed by atoms with van der Waals surface area (Å²) in [4.78, 5) is 30.2. The van der Waals surface area contributed by atoms with Gasteiger partial charge in [-0.2, -0.15) is 0 Å². The van der Waals surface area contributed by atoms with Crippen LogP contribution in [0.15, 0.2) is 0 Å². The molecule has 2 atom stereocenters. The molecule has 3 N–H and O–H groups in total. The molecule has 0 aromatic heterocycles. The van der Waals surface area contributed by atoms with Crippen molar-refractivity contribution in [2.24, 2.45) is 0 Å². The minimum absolute atomic E-state index is 0.0474. The fourth-order valence-electron chi connectivity index (χ4n) is 0.769. The summed E-state index contributed by atoms with van der Waals surface area (Å²) in [6.07, 6.45) is -4.21. The van der Waals surface area contributed by atoms with Crippen molar-refractivity contribution in [1.29, 1.82) is 0 Å². The van der Waals surface area contributed by atoms with Gasteiger partial charge in [-0.1, -0.05) is 0 Å². The summed E-state index contributed by atoms with van der Waals surface area (Å²) in [5.41, 5.74) is 0. The number of hydrogen-bond donors (Lipinski definition) is 3. The highest BCUT2D eigenvalue weighted by Gasteiger charge is 2.31. The first-order valence-electron chi connectivity index (χ1n) is 5.62. The molecular formula is C11H21NO8. The lowest BCUT2D eigenvalue weighted by Crippen LogP contribution is -2.42. The van der Waals surface area contributed by atoms with Crippen molar-refractivity contribution < 1.29 is 44.0 Å². The number of hydrogen-bond acceptors (Lipinski definition) is 7. The van der Waals surface area contributed by atoms with Gasteiger partial charge in [-0.3, -0.25) is 0 Å². The number of aliphatic carboxylic acids is 2. The highest BCUT2D eigenvalue weighted by Crippen LogP contribution is 1.98. The second-order valence-corrected chi connectivity index (χ2v) is 4.90. The number of carbonyl (C=O) groups excluding carboxylic acids is 2. The molecule has 0 saturated heterocycles. The maximum Gasteiger partial charge on any atom is 0.338 e. The molecule has 0 bridgehead atoms. The van der Waals surface area contributed by atoms with Gasteiger partial charge in [-0.05, 0) is 6.92 Å². The second kappa shape index (κ2) is 9.23. The van der Waals surface area contributed by atoms with Gasteiger partial charge in [0.1, 0.15) is 13.2 Å². The van der Waals surface area contributed by atoms with Crippen molar-refractivity contribution in [2.45, 2.75) is 19.1 Å². The Morgan fingerprint density at radius 1 is 1.15 bits per heavy atom. The second-order valence-electron chi connectivity index (χ2n) is 4.90. The van der Waals surface area contributed by atoms with Crippen molar-refractivity contribution in [3.8, 4) is 0 Å². The van der Waals surface area contributed by atoms with E-state index >= 15 is 0 Å². The molecule has 20 heavy (non-hydrogen) atoms. The normalized spacial score (nSPS) is 13.5. The van der Waals surface area contributed by atoms with Gasteiger partial charge in [0.2, 0.25) is 0 Å². The standard InChI is InChI=1S/C9H17NO6.C2H4O2/c1-10(2,3)4-5-16-9(15)7(12)6(11)8(13)14;1-2(3)4/h6-7,11-12H,4-5H2,1-3H3;1H3,(H,3,4). The fraction of sp³-hybridized carbons (Fsp3) is 0.727. The molecule has 0 aliphatic heterocycles. The maximum absolute atomic E-state index is 11.1. The molecule has 0 aliphatic carbocycles. The molecule has 2 unspecified atom stereocenters.